The fourth-order valence-electron chi connectivity index (χ4n) is 2.65. The van der Waals surface area contributed by atoms with E-state index < -0.39 is 5.97 Å². The molecule has 0 unspecified atom stereocenters. The molecule has 2 rings (SSSR count). The van der Waals surface area contributed by atoms with Gasteiger partial charge < -0.3 is 10.4 Å². The Morgan fingerprint density at radius 2 is 2.22 bits per heavy atom. The second kappa shape index (κ2) is 6.34. The van der Waals surface area contributed by atoms with Crippen molar-refractivity contribution in [2.45, 2.75) is 51.6 Å². The fourth-order valence-corrected chi connectivity index (χ4v) is 3.46. The van der Waals surface area contributed by atoms with Crippen LogP contribution in [-0.4, -0.2) is 17.1 Å². The zero-order valence-electron chi connectivity index (χ0n) is 10.8. The highest BCUT2D eigenvalue weighted by molar-refractivity contribution is 7.10. The van der Waals surface area contributed by atoms with Crippen molar-refractivity contribution in [2.75, 3.05) is 0 Å². The van der Waals surface area contributed by atoms with Gasteiger partial charge in [-0.1, -0.05) is 19.3 Å². The van der Waals surface area contributed by atoms with Gasteiger partial charge in [0.05, 0.1) is 5.56 Å². The van der Waals surface area contributed by atoms with E-state index in [4.69, 9.17) is 5.11 Å². The molecule has 1 aliphatic carbocycles. The van der Waals surface area contributed by atoms with Crippen molar-refractivity contribution in [3.05, 3.63) is 21.9 Å². The molecular weight excluding hydrogens is 246 g/mol. The predicted octanol–water partition coefficient (Wildman–Crippen LogP) is 3.50. The van der Waals surface area contributed by atoms with Crippen LogP contribution in [0.5, 0.6) is 0 Å². The topological polar surface area (TPSA) is 49.3 Å². The molecule has 100 valence electrons. The normalized spacial score (nSPS) is 18.7. The first-order chi connectivity index (χ1) is 8.66. The number of aromatic carboxylic acids is 1. The Morgan fingerprint density at radius 1 is 1.50 bits per heavy atom. The van der Waals surface area contributed by atoms with E-state index in [1.54, 1.807) is 11.4 Å². The number of hydrogen-bond acceptors (Lipinski definition) is 3. The summed E-state index contributed by atoms with van der Waals surface area (Å²) < 4.78 is 0. The molecule has 0 spiro atoms. The van der Waals surface area contributed by atoms with Gasteiger partial charge in [0.15, 0.2) is 0 Å². The molecule has 0 aliphatic heterocycles. The quantitative estimate of drug-likeness (QED) is 0.858. The van der Waals surface area contributed by atoms with Crippen LogP contribution in [0.1, 0.15) is 54.3 Å². The smallest absolute Gasteiger partial charge is 0.336 e. The summed E-state index contributed by atoms with van der Waals surface area (Å²) in [7, 11) is 0. The molecule has 2 N–H and O–H groups in total. The van der Waals surface area contributed by atoms with Crippen molar-refractivity contribution in [1.29, 1.82) is 0 Å². The molecule has 18 heavy (non-hydrogen) atoms. The Bertz CT molecular complexity index is 396. The molecule has 1 aliphatic rings. The van der Waals surface area contributed by atoms with Crippen molar-refractivity contribution in [1.82, 2.24) is 5.32 Å². The lowest BCUT2D eigenvalue weighted by Gasteiger charge is -2.28. The van der Waals surface area contributed by atoms with E-state index in [9.17, 15) is 4.79 Å². The maximum absolute atomic E-state index is 10.8. The van der Waals surface area contributed by atoms with Crippen LogP contribution in [0, 0.1) is 5.92 Å². The molecule has 0 bridgehead atoms. The number of carboxylic acids is 1. The first-order valence-electron chi connectivity index (χ1n) is 6.71. The molecule has 1 saturated carbocycles. The molecular formula is C14H21NO2S. The minimum Gasteiger partial charge on any atom is -0.478 e. The van der Waals surface area contributed by atoms with E-state index in [-0.39, 0.29) is 0 Å². The average molecular weight is 267 g/mol. The van der Waals surface area contributed by atoms with Gasteiger partial charge in [-0.25, -0.2) is 4.79 Å². The minimum atomic E-state index is -0.835. The number of hydrogen-bond donors (Lipinski definition) is 2. The van der Waals surface area contributed by atoms with E-state index in [1.807, 2.05) is 0 Å². The van der Waals surface area contributed by atoms with Crippen molar-refractivity contribution in [2.24, 2.45) is 5.92 Å². The second-order valence-electron chi connectivity index (χ2n) is 5.17. The van der Waals surface area contributed by atoms with Gasteiger partial charge in [-0.15, -0.1) is 11.3 Å². The molecule has 1 aromatic rings. The average Bonchev–Trinajstić information content (AvgIpc) is 2.86. The standard InChI is InChI=1S/C14H21NO2S/c1-10(11-5-3-2-4-6-11)15-8-13-7-12(9-18-13)14(16)17/h7,9-11,15H,2-6,8H2,1H3,(H,16,17)/t10-/m1/s1. The van der Waals surface area contributed by atoms with Crippen molar-refractivity contribution in [3.8, 4) is 0 Å². The van der Waals surface area contributed by atoms with Crippen LogP contribution in [0.15, 0.2) is 11.4 Å². The lowest BCUT2D eigenvalue weighted by atomic mass is 9.84. The Balaban J connectivity index is 1.80. The van der Waals surface area contributed by atoms with E-state index in [0.29, 0.717) is 11.6 Å². The third-order valence-corrected chi connectivity index (χ3v) is 4.79. The highest BCUT2D eigenvalue weighted by atomic mass is 32.1. The Morgan fingerprint density at radius 3 is 2.83 bits per heavy atom. The molecule has 1 aromatic heterocycles. The third kappa shape index (κ3) is 3.56. The minimum absolute atomic E-state index is 0.405. The van der Waals surface area contributed by atoms with E-state index in [2.05, 4.69) is 12.2 Å². The van der Waals surface area contributed by atoms with Crippen LogP contribution >= 0.6 is 11.3 Å². The van der Waals surface area contributed by atoms with Gasteiger partial charge in [0.1, 0.15) is 0 Å². The highest BCUT2D eigenvalue weighted by Crippen LogP contribution is 2.26. The van der Waals surface area contributed by atoms with Gasteiger partial charge in [-0.3, -0.25) is 0 Å². The van der Waals surface area contributed by atoms with E-state index in [0.717, 1.165) is 17.3 Å². The Hall–Kier alpha value is -0.870. The molecule has 1 fully saturated rings. The predicted molar refractivity (Wildman–Crippen MR) is 74.2 cm³/mol. The van der Waals surface area contributed by atoms with Crippen LogP contribution < -0.4 is 5.32 Å². The van der Waals surface area contributed by atoms with Crippen molar-refractivity contribution < 1.29 is 9.90 Å². The van der Waals surface area contributed by atoms with Gasteiger partial charge >= 0.3 is 5.97 Å². The number of carboxylic acid groups (broad SMARTS) is 1. The summed E-state index contributed by atoms with van der Waals surface area (Å²) in [5, 5.41) is 14.1. The van der Waals surface area contributed by atoms with Crippen LogP contribution in [-0.2, 0) is 6.54 Å². The molecule has 0 radical (unpaired) electrons. The van der Waals surface area contributed by atoms with Gasteiger partial charge in [0, 0.05) is 22.8 Å². The fraction of sp³-hybridized carbons (Fsp3) is 0.643. The van der Waals surface area contributed by atoms with E-state index >= 15 is 0 Å². The van der Waals surface area contributed by atoms with Gasteiger partial charge in [0.2, 0.25) is 0 Å². The van der Waals surface area contributed by atoms with Gasteiger partial charge in [0.25, 0.3) is 0 Å². The van der Waals surface area contributed by atoms with Crippen LogP contribution in [0.4, 0.5) is 0 Å². The number of thiophene rings is 1. The van der Waals surface area contributed by atoms with Gasteiger partial charge in [-0.05, 0) is 31.7 Å². The number of nitrogens with one attached hydrogen (secondary N) is 1. The van der Waals surface area contributed by atoms with Crippen LogP contribution in [0.3, 0.4) is 0 Å². The molecule has 3 nitrogen and oxygen atoms in total. The summed E-state index contributed by atoms with van der Waals surface area (Å²) in [5.41, 5.74) is 0.405. The highest BCUT2D eigenvalue weighted by Gasteiger charge is 2.19. The zero-order chi connectivity index (χ0) is 13.0. The van der Waals surface area contributed by atoms with E-state index in [1.165, 1.54) is 43.4 Å². The first-order valence-corrected chi connectivity index (χ1v) is 7.59. The maximum Gasteiger partial charge on any atom is 0.336 e. The first kappa shape index (κ1) is 13.6. The zero-order valence-corrected chi connectivity index (χ0v) is 11.6. The van der Waals surface area contributed by atoms with Gasteiger partial charge in [-0.2, -0.15) is 0 Å². The molecule has 0 aromatic carbocycles. The summed E-state index contributed by atoms with van der Waals surface area (Å²) in [6, 6.07) is 2.30. The summed E-state index contributed by atoms with van der Waals surface area (Å²) in [6.07, 6.45) is 6.77. The number of carbonyl (C=O) groups is 1. The molecule has 0 amide bonds. The second-order valence-corrected chi connectivity index (χ2v) is 6.17. The Kier molecular flexibility index (Phi) is 4.78. The lowest BCUT2D eigenvalue weighted by molar-refractivity contribution is 0.0697. The van der Waals surface area contributed by atoms with Crippen molar-refractivity contribution >= 4 is 17.3 Å². The van der Waals surface area contributed by atoms with Crippen LogP contribution in [0.25, 0.3) is 0 Å². The maximum atomic E-state index is 10.8. The molecule has 1 atom stereocenters. The summed E-state index contributed by atoms with van der Waals surface area (Å²) in [6.45, 7) is 3.04. The lowest BCUT2D eigenvalue weighted by Crippen LogP contribution is -2.34. The summed E-state index contributed by atoms with van der Waals surface area (Å²) in [5.74, 6) is -0.0458. The Labute approximate surface area is 112 Å². The SMILES string of the molecule is C[C@@H](NCc1cc(C(=O)O)cs1)C1CCCCC1. The molecule has 1 heterocycles. The third-order valence-electron chi connectivity index (χ3n) is 3.86. The monoisotopic (exact) mass is 267 g/mol. The largest absolute Gasteiger partial charge is 0.478 e. The number of rotatable bonds is 5. The molecule has 4 heteroatoms. The van der Waals surface area contributed by atoms with Crippen molar-refractivity contribution in [3.63, 3.8) is 0 Å². The van der Waals surface area contributed by atoms with Crippen LogP contribution in [0.2, 0.25) is 0 Å². The summed E-state index contributed by atoms with van der Waals surface area (Å²) >= 11 is 1.52. The summed E-state index contributed by atoms with van der Waals surface area (Å²) in [4.78, 5) is 11.9. The molecule has 0 saturated heterocycles.